The molecule has 0 fully saturated rings. The Balaban J connectivity index is 1.47. The Morgan fingerprint density at radius 1 is 1.11 bits per heavy atom. The molecule has 0 bridgehead atoms. The van der Waals surface area contributed by atoms with Crippen molar-refractivity contribution < 1.29 is 17.6 Å². The molecule has 188 valence electrons. The molecule has 1 atom stereocenters. The van der Waals surface area contributed by atoms with Crippen LogP contribution in [0.1, 0.15) is 30.9 Å². The highest BCUT2D eigenvalue weighted by Crippen LogP contribution is 2.31. The lowest BCUT2D eigenvalue weighted by Crippen LogP contribution is -2.27. The predicted octanol–water partition coefficient (Wildman–Crippen LogP) is 3.68. The lowest BCUT2D eigenvalue weighted by Gasteiger charge is -2.18. The second-order valence-electron chi connectivity index (χ2n) is 8.35. The van der Waals surface area contributed by atoms with E-state index in [2.05, 4.69) is 25.4 Å². The molecule has 13 heteroatoms. The van der Waals surface area contributed by atoms with E-state index in [1.807, 2.05) is 0 Å². The molecule has 0 aliphatic rings. The summed E-state index contributed by atoms with van der Waals surface area (Å²) >= 11 is 0. The highest BCUT2D eigenvalue weighted by Gasteiger charge is 2.37. The fourth-order valence-corrected chi connectivity index (χ4v) is 3.74. The second-order valence-corrected chi connectivity index (χ2v) is 8.35. The summed E-state index contributed by atoms with van der Waals surface area (Å²) in [5.74, 6) is -0.482. The van der Waals surface area contributed by atoms with Crippen LogP contribution in [0, 0.1) is 12.7 Å². The minimum atomic E-state index is -4.84. The number of rotatable bonds is 7. The SMILES string of the molecule is Cc1cnc(-c2cc3ncn(CCCC(C)Nc4cn[nH]c(=O)c4C(F)(F)F)c(=O)c3cc2F)nc1. The topological polar surface area (TPSA) is 118 Å². The maximum Gasteiger partial charge on any atom is 0.423 e. The summed E-state index contributed by atoms with van der Waals surface area (Å²) in [6.07, 6.45) is 1.28. The Morgan fingerprint density at radius 2 is 1.83 bits per heavy atom. The third-order valence-electron chi connectivity index (χ3n) is 5.51. The van der Waals surface area contributed by atoms with Gasteiger partial charge in [0.25, 0.3) is 11.1 Å². The van der Waals surface area contributed by atoms with E-state index in [4.69, 9.17) is 0 Å². The van der Waals surface area contributed by atoms with Crippen LogP contribution in [0.4, 0.5) is 23.2 Å². The normalized spacial score (nSPS) is 12.6. The quantitative estimate of drug-likeness (QED) is 0.369. The molecule has 0 radical (unpaired) electrons. The maximum absolute atomic E-state index is 14.8. The molecule has 0 aliphatic heterocycles. The van der Waals surface area contributed by atoms with Crippen LogP contribution in [0.15, 0.2) is 46.6 Å². The molecule has 0 aliphatic carbocycles. The van der Waals surface area contributed by atoms with Gasteiger partial charge in [-0.25, -0.2) is 24.4 Å². The van der Waals surface area contributed by atoms with Gasteiger partial charge < -0.3 is 5.32 Å². The number of fused-ring (bicyclic) bond motifs is 1. The molecule has 4 aromatic rings. The number of aryl methyl sites for hydroxylation is 2. The van der Waals surface area contributed by atoms with E-state index in [9.17, 15) is 27.2 Å². The van der Waals surface area contributed by atoms with Gasteiger partial charge in [0.05, 0.1) is 34.7 Å². The molecule has 4 rings (SSSR count). The summed E-state index contributed by atoms with van der Waals surface area (Å²) in [7, 11) is 0. The summed E-state index contributed by atoms with van der Waals surface area (Å²) in [5, 5.41) is 7.94. The lowest BCUT2D eigenvalue weighted by molar-refractivity contribution is -0.138. The van der Waals surface area contributed by atoms with E-state index in [1.165, 1.54) is 17.0 Å². The van der Waals surface area contributed by atoms with E-state index in [0.717, 1.165) is 17.8 Å². The molecular formula is C23H21F4N7O2. The van der Waals surface area contributed by atoms with Crippen molar-refractivity contribution in [2.75, 3.05) is 5.32 Å². The zero-order valence-electron chi connectivity index (χ0n) is 19.2. The Morgan fingerprint density at radius 3 is 2.53 bits per heavy atom. The predicted molar refractivity (Wildman–Crippen MR) is 124 cm³/mol. The van der Waals surface area contributed by atoms with Crippen molar-refractivity contribution in [1.29, 1.82) is 0 Å². The average Bonchev–Trinajstić information content (AvgIpc) is 2.80. The van der Waals surface area contributed by atoms with Crippen molar-refractivity contribution in [1.82, 2.24) is 29.7 Å². The Bertz CT molecular complexity index is 1510. The second kappa shape index (κ2) is 9.84. The van der Waals surface area contributed by atoms with Gasteiger partial charge in [0.2, 0.25) is 0 Å². The third-order valence-corrected chi connectivity index (χ3v) is 5.51. The van der Waals surface area contributed by atoms with E-state index in [0.29, 0.717) is 12.8 Å². The van der Waals surface area contributed by atoms with Gasteiger partial charge in [-0.15, -0.1) is 0 Å². The lowest BCUT2D eigenvalue weighted by atomic mass is 10.1. The van der Waals surface area contributed by atoms with Crippen molar-refractivity contribution in [2.24, 2.45) is 0 Å². The van der Waals surface area contributed by atoms with Crippen molar-refractivity contribution in [2.45, 2.75) is 45.5 Å². The highest BCUT2D eigenvalue weighted by molar-refractivity contribution is 5.82. The zero-order chi connectivity index (χ0) is 26.0. The van der Waals surface area contributed by atoms with E-state index >= 15 is 0 Å². The molecule has 2 N–H and O–H groups in total. The number of nitrogens with zero attached hydrogens (tertiary/aromatic N) is 5. The Kier molecular flexibility index (Phi) is 6.82. The monoisotopic (exact) mass is 503 g/mol. The largest absolute Gasteiger partial charge is 0.423 e. The number of aromatic amines is 1. The Labute approximate surface area is 201 Å². The Hall–Kier alpha value is -4.16. The van der Waals surface area contributed by atoms with Crippen molar-refractivity contribution in [3.63, 3.8) is 0 Å². The summed E-state index contributed by atoms with van der Waals surface area (Å²) in [6.45, 7) is 3.66. The minimum Gasteiger partial charge on any atom is -0.381 e. The van der Waals surface area contributed by atoms with Gasteiger partial charge >= 0.3 is 6.18 Å². The van der Waals surface area contributed by atoms with Crippen LogP contribution >= 0.6 is 0 Å². The molecule has 1 unspecified atom stereocenters. The van der Waals surface area contributed by atoms with Gasteiger partial charge in [-0.05, 0) is 44.4 Å². The van der Waals surface area contributed by atoms with E-state index < -0.39 is 40.4 Å². The van der Waals surface area contributed by atoms with Crippen molar-refractivity contribution in [3.05, 3.63) is 74.7 Å². The molecule has 3 heterocycles. The first kappa shape index (κ1) is 24.9. The number of anilines is 1. The van der Waals surface area contributed by atoms with Crippen LogP contribution in [0.2, 0.25) is 0 Å². The van der Waals surface area contributed by atoms with Crippen LogP contribution in [-0.2, 0) is 12.7 Å². The molecule has 3 aromatic heterocycles. The van der Waals surface area contributed by atoms with Gasteiger partial charge in [0.15, 0.2) is 5.82 Å². The summed E-state index contributed by atoms with van der Waals surface area (Å²) in [6, 6.07) is 2.05. The number of nitrogens with one attached hydrogen (secondary N) is 2. The minimum absolute atomic E-state index is 0.0847. The first-order valence-corrected chi connectivity index (χ1v) is 10.9. The average molecular weight is 503 g/mol. The smallest absolute Gasteiger partial charge is 0.381 e. The number of halogens is 4. The first-order valence-electron chi connectivity index (χ1n) is 10.9. The van der Waals surface area contributed by atoms with Crippen LogP contribution < -0.4 is 16.4 Å². The number of benzene rings is 1. The molecule has 0 amide bonds. The van der Waals surface area contributed by atoms with Crippen LogP contribution in [0.5, 0.6) is 0 Å². The fourth-order valence-electron chi connectivity index (χ4n) is 3.74. The summed E-state index contributed by atoms with van der Waals surface area (Å²) < 4.78 is 55.7. The van der Waals surface area contributed by atoms with Crippen molar-refractivity contribution in [3.8, 4) is 11.4 Å². The van der Waals surface area contributed by atoms with Gasteiger partial charge in [-0.3, -0.25) is 14.2 Å². The van der Waals surface area contributed by atoms with Gasteiger partial charge in [-0.1, -0.05) is 0 Å². The number of H-pyrrole nitrogens is 1. The molecule has 36 heavy (non-hydrogen) atoms. The summed E-state index contributed by atoms with van der Waals surface area (Å²) in [5.41, 5.74) is -2.33. The molecule has 1 aromatic carbocycles. The standard InChI is InChI=1S/C23H21F4N7O2/c1-12-8-28-20(29-9-12)14-7-17-15(6-16(14)24)22(36)34(11-30-17)5-3-4-13(2)32-18-10-31-33-21(35)19(18)23(25,26)27/h6-11,13H,3-5H2,1-2H3,(H2,32,33,35). The number of alkyl halides is 3. The van der Waals surface area contributed by atoms with E-state index in [-0.39, 0.29) is 28.8 Å². The van der Waals surface area contributed by atoms with Crippen molar-refractivity contribution >= 4 is 16.6 Å². The van der Waals surface area contributed by atoms with E-state index in [1.54, 1.807) is 31.3 Å². The zero-order valence-corrected chi connectivity index (χ0v) is 19.2. The summed E-state index contributed by atoms with van der Waals surface area (Å²) in [4.78, 5) is 36.9. The maximum atomic E-state index is 14.8. The third kappa shape index (κ3) is 5.24. The highest BCUT2D eigenvalue weighted by atomic mass is 19.4. The van der Waals surface area contributed by atoms with Crippen LogP contribution in [0.3, 0.4) is 0 Å². The van der Waals surface area contributed by atoms with Crippen LogP contribution in [0.25, 0.3) is 22.3 Å². The number of hydrogen-bond acceptors (Lipinski definition) is 7. The van der Waals surface area contributed by atoms with Gasteiger partial charge in [0, 0.05) is 25.0 Å². The molecule has 0 spiro atoms. The molecule has 0 saturated heterocycles. The van der Waals surface area contributed by atoms with Gasteiger partial charge in [-0.2, -0.15) is 18.3 Å². The molecule has 0 saturated carbocycles. The van der Waals surface area contributed by atoms with Gasteiger partial charge in [0.1, 0.15) is 11.4 Å². The molecule has 9 nitrogen and oxygen atoms in total. The first-order chi connectivity index (χ1) is 17.0. The molecular weight excluding hydrogens is 482 g/mol. The number of aromatic nitrogens is 6. The fraction of sp³-hybridized carbons (Fsp3) is 0.304. The number of hydrogen-bond donors (Lipinski definition) is 2. The van der Waals surface area contributed by atoms with Crippen LogP contribution in [-0.4, -0.2) is 35.8 Å².